The van der Waals surface area contributed by atoms with Crippen molar-refractivity contribution < 1.29 is 14.3 Å². The van der Waals surface area contributed by atoms with Gasteiger partial charge in [0.05, 0.1) is 39.8 Å². The van der Waals surface area contributed by atoms with E-state index in [0.29, 0.717) is 69.7 Å². The van der Waals surface area contributed by atoms with Crippen molar-refractivity contribution in [1.29, 1.82) is 5.26 Å². The van der Waals surface area contributed by atoms with Gasteiger partial charge >= 0.3 is 0 Å². The minimum absolute atomic E-state index is 0.293. The van der Waals surface area contributed by atoms with Crippen LogP contribution >= 0.6 is 11.6 Å². The van der Waals surface area contributed by atoms with Crippen molar-refractivity contribution in [2.45, 2.75) is 20.3 Å². The lowest BCUT2D eigenvalue weighted by molar-refractivity contribution is -0.105. The standard InChI is InChI=1S/C26H26ClN5O3/c1-4-6-7-19(29-3)15-35-24-9-8-18(10-21(24)27)32-26-17(13-28)14-30-22-12-25(34-5-2)23(31-16-33)11-20(22)26/h6-12,14,16H,4-5,15H2,1-3H3,(H,30,32)(H,31,33)/b7-6-,29-19?. The minimum atomic E-state index is 0.293. The number of allylic oxidation sites excluding steroid dienone is 1. The van der Waals surface area contributed by atoms with Crippen LogP contribution in [0.1, 0.15) is 25.8 Å². The molecule has 180 valence electrons. The normalized spacial score (nSPS) is 11.3. The highest BCUT2D eigenvalue weighted by molar-refractivity contribution is 6.32. The Labute approximate surface area is 209 Å². The zero-order valence-corrected chi connectivity index (χ0v) is 20.5. The van der Waals surface area contributed by atoms with Gasteiger partial charge < -0.3 is 20.1 Å². The number of hydrogen-bond donors (Lipinski definition) is 2. The Kier molecular flexibility index (Phi) is 9.04. The summed E-state index contributed by atoms with van der Waals surface area (Å²) in [6, 6.07) is 10.9. The molecule has 0 aliphatic heterocycles. The molecular formula is C26H26ClN5O3. The number of carbonyl (C=O) groups is 1. The molecule has 0 radical (unpaired) electrons. The Morgan fingerprint density at radius 3 is 2.71 bits per heavy atom. The number of amides is 1. The lowest BCUT2D eigenvalue weighted by atomic mass is 10.1. The van der Waals surface area contributed by atoms with Crippen LogP contribution in [0.3, 0.4) is 0 Å². The Morgan fingerprint density at radius 1 is 1.23 bits per heavy atom. The van der Waals surface area contributed by atoms with E-state index in [4.69, 9.17) is 21.1 Å². The molecule has 3 aromatic rings. The molecule has 0 aliphatic carbocycles. The lowest BCUT2D eigenvalue weighted by Crippen LogP contribution is -2.09. The Bertz CT molecular complexity index is 1310. The van der Waals surface area contributed by atoms with E-state index in [1.807, 2.05) is 19.1 Å². The largest absolute Gasteiger partial charge is 0.492 e. The van der Waals surface area contributed by atoms with Crippen LogP contribution in [0.25, 0.3) is 10.9 Å². The van der Waals surface area contributed by atoms with E-state index < -0.39 is 0 Å². The Balaban J connectivity index is 1.94. The molecule has 3 rings (SSSR count). The third-order valence-electron chi connectivity index (χ3n) is 5.01. The number of carbonyl (C=O) groups excluding carboxylic acids is 1. The van der Waals surface area contributed by atoms with Gasteiger partial charge in [-0.15, -0.1) is 0 Å². The predicted molar refractivity (Wildman–Crippen MR) is 140 cm³/mol. The van der Waals surface area contributed by atoms with Crippen LogP contribution < -0.4 is 20.1 Å². The molecule has 0 atom stereocenters. The molecule has 1 amide bonds. The molecule has 0 saturated carbocycles. The monoisotopic (exact) mass is 491 g/mol. The molecule has 1 aromatic heterocycles. The molecule has 0 saturated heterocycles. The van der Waals surface area contributed by atoms with Crippen molar-refractivity contribution in [3.63, 3.8) is 0 Å². The highest BCUT2D eigenvalue weighted by Gasteiger charge is 2.15. The zero-order valence-electron chi connectivity index (χ0n) is 19.8. The first kappa shape index (κ1) is 25.5. The fourth-order valence-electron chi connectivity index (χ4n) is 3.32. The van der Waals surface area contributed by atoms with Gasteiger partial charge in [0.25, 0.3) is 0 Å². The summed E-state index contributed by atoms with van der Waals surface area (Å²) in [4.78, 5) is 19.7. The SMILES string of the molecule is CC/C=C\C(COc1ccc(Nc2c(C#N)cnc3cc(OCC)c(NC=O)cc23)cc1Cl)=NC. The maximum absolute atomic E-state index is 11.1. The molecule has 0 unspecified atom stereocenters. The molecule has 2 N–H and O–H groups in total. The molecule has 35 heavy (non-hydrogen) atoms. The number of pyridine rings is 1. The smallest absolute Gasteiger partial charge is 0.211 e. The number of halogens is 1. The maximum atomic E-state index is 11.1. The summed E-state index contributed by atoms with van der Waals surface area (Å²) in [7, 11) is 1.71. The fraction of sp³-hybridized carbons (Fsp3) is 0.231. The summed E-state index contributed by atoms with van der Waals surface area (Å²) < 4.78 is 11.4. The average Bonchev–Trinajstić information content (AvgIpc) is 2.86. The second-order valence-electron chi connectivity index (χ2n) is 7.30. The van der Waals surface area contributed by atoms with E-state index in [1.165, 1.54) is 6.20 Å². The van der Waals surface area contributed by atoms with Gasteiger partial charge in [0.2, 0.25) is 6.41 Å². The summed E-state index contributed by atoms with van der Waals surface area (Å²) in [5.41, 5.74) is 3.40. The molecule has 8 nitrogen and oxygen atoms in total. The van der Waals surface area contributed by atoms with Gasteiger partial charge in [-0.1, -0.05) is 24.6 Å². The first-order chi connectivity index (χ1) is 17.0. The van der Waals surface area contributed by atoms with Crippen LogP contribution in [0.4, 0.5) is 17.1 Å². The number of ether oxygens (including phenoxy) is 2. The lowest BCUT2D eigenvalue weighted by Gasteiger charge is -2.16. The summed E-state index contributed by atoms with van der Waals surface area (Å²) in [6.07, 6.45) is 6.91. The van der Waals surface area contributed by atoms with Crippen LogP contribution in [0.15, 0.2) is 53.7 Å². The number of nitriles is 1. The molecular weight excluding hydrogens is 466 g/mol. The van der Waals surface area contributed by atoms with E-state index in [2.05, 4.69) is 33.6 Å². The number of aromatic nitrogens is 1. The summed E-state index contributed by atoms with van der Waals surface area (Å²) in [5.74, 6) is 1.01. The molecule has 0 aliphatic rings. The molecule has 1 heterocycles. The van der Waals surface area contributed by atoms with Gasteiger partial charge in [-0.2, -0.15) is 5.26 Å². The van der Waals surface area contributed by atoms with Crippen molar-refractivity contribution in [3.05, 3.63) is 59.3 Å². The van der Waals surface area contributed by atoms with Crippen molar-refractivity contribution in [1.82, 2.24) is 4.98 Å². The van der Waals surface area contributed by atoms with Gasteiger partial charge in [-0.3, -0.25) is 14.8 Å². The highest BCUT2D eigenvalue weighted by atomic mass is 35.5. The Morgan fingerprint density at radius 2 is 2.06 bits per heavy atom. The van der Waals surface area contributed by atoms with E-state index in [1.54, 1.807) is 37.4 Å². The van der Waals surface area contributed by atoms with Crippen molar-refractivity contribution in [3.8, 4) is 17.6 Å². The number of nitrogens with zero attached hydrogens (tertiary/aromatic N) is 3. The highest BCUT2D eigenvalue weighted by Crippen LogP contribution is 2.37. The van der Waals surface area contributed by atoms with Gasteiger partial charge in [-0.25, -0.2) is 0 Å². The maximum Gasteiger partial charge on any atom is 0.211 e. The predicted octanol–water partition coefficient (Wildman–Crippen LogP) is 5.89. The van der Waals surface area contributed by atoms with Crippen molar-refractivity contribution in [2.75, 3.05) is 30.9 Å². The van der Waals surface area contributed by atoms with Crippen LogP contribution in [0.2, 0.25) is 5.02 Å². The summed E-state index contributed by atoms with van der Waals surface area (Å²) in [5, 5.41) is 16.6. The number of nitrogens with one attached hydrogen (secondary N) is 2. The van der Waals surface area contributed by atoms with Gasteiger partial charge in [0, 0.05) is 30.4 Å². The number of benzene rings is 2. The second kappa shape index (κ2) is 12.4. The third-order valence-corrected chi connectivity index (χ3v) is 5.31. The first-order valence-corrected chi connectivity index (χ1v) is 11.4. The first-order valence-electron chi connectivity index (χ1n) is 11.1. The van der Waals surface area contributed by atoms with Crippen LogP contribution in [-0.4, -0.2) is 37.4 Å². The quantitative estimate of drug-likeness (QED) is 0.256. The molecule has 0 fully saturated rings. The fourth-order valence-corrected chi connectivity index (χ4v) is 3.56. The van der Waals surface area contributed by atoms with E-state index in [-0.39, 0.29) is 0 Å². The van der Waals surface area contributed by atoms with Crippen molar-refractivity contribution >= 4 is 51.7 Å². The number of fused-ring (bicyclic) bond motifs is 1. The number of rotatable bonds is 11. The van der Waals surface area contributed by atoms with Gasteiger partial charge in [0.15, 0.2) is 0 Å². The summed E-state index contributed by atoms with van der Waals surface area (Å²) in [6.45, 7) is 4.62. The van der Waals surface area contributed by atoms with Crippen LogP contribution in [-0.2, 0) is 4.79 Å². The molecule has 9 heteroatoms. The topological polar surface area (TPSA) is 109 Å². The molecule has 0 bridgehead atoms. The molecule has 0 spiro atoms. The zero-order chi connectivity index (χ0) is 25.2. The Hall–Kier alpha value is -4.09. The number of anilines is 3. The van der Waals surface area contributed by atoms with Crippen molar-refractivity contribution in [2.24, 2.45) is 4.99 Å². The van der Waals surface area contributed by atoms with Gasteiger partial charge in [-0.05, 0) is 43.7 Å². The van der Waals surface area contributed by atoms with Crippen LogP contribution in [0, 0.1) is 11.3 Å². The second-order valence-corrected chi connectivity index (χ2v) is 7.71. The average molecular weight is 492 g/mol. The van der Waals surface area contributed by atoms with Gasteiger partial charge in [0.1, 0.15) is 24.2 Å². The van der Waals surface area contributed by atoms with E-state index >= 15 is 0 Å². The van der Waals surface area contributed by atoms with Crippen LogP contribution in [0.5, 0.6) is 11.5 Å². The van der Waals surface area contributed by atoms with E-state index in [9.17, 15) is 10.1 Å². The molecule has 2 aromatic carbocycles. The van der Waals surface area contributed by atoms with E-state index in [0.717, 1.165) is 12.1 Å². The number of hydrogen-bond acceptors (Lipinski definition) is 7. The minimum Gasteiger partial charge on any atom is -0.492 e. The third kappa shape index (κ3) is 6.28. The summed E-state index contributed by atoms with van der Waals surface area (Å²) >= 11 is 6.47. The number of aliphatic imine (C=N–C) groups is 1.